The Morgan fingerprint density at radius 3 is 2.53 bits per heavy atom. The van der Waals surface area contributed by atoms with Gasteiger partial charge in [-0.15, -0.1) is 0 Å². The van der Waals surface area contributed by atoms with Crippen LogP contribution in [0.4, 0.5) is 0 Å². The van der Waals surface area contributed by atoms with Gasteiger partial charge in [-0.25, -0.2) is 0 Å². The van der Waals surface area contributed by atoms with Crippen LogP contribution in [0.15, 0.2) is 35.3 Å². The highest BCUT2D eigenvalue weighted by molar-refractivity contribution is 5.91. The van der Waals surface area contributed by atoms with Gasteiger partial charge in [-0.05, 0) is 20.3 Å². The largest absolute Gasteiger partial charge is 0.340 e. The molecule has 0 fully saturated rings. The van der Waals surface area contributed by atoms with Crippen molar-refractivity contribution in [1.29, 1.82) is 0 Å². The molecule has 0 bridgehead atoms. The molecule has 2 heteroatoms. The number of hydrogen-bond donors (Lipinski definition) is 0. The molecule has 2 atom stereocenters. The van der Waals surface area contributed by atoms with Crippen molar-refractivity contribution in [2.24, 2.45) is 4.99 Å². The van der Waals surface area contributed by atoms with E-state index in [1.807, 2.05) is 25.1 Å². The molecular weight excluding hydrogens is 186 g/mol. The van der Waals surface area contributed by atoms with Gasteiger partial charge in [0.25, 0.3) is 0 Å². The van der Waals surface area contributed by atoms with Crippen LogP contribution in [0.3, 0.4) is 0 Å². The Kier molecular flexibility index (Phi) is 2.61. The lowest BCUT2D eigenvalue weighted by atomic mass is 9.99. The van der Waals surface area contributed by atoms with Gasteiger partial charge in [0.15, 0.2) is 6.23 Å². The molecular formula is C13H17NO. The predicted molar refractivity (Wildman–Crippen MR) is 62.1 cm³/mol. The molecule has 15 heavy (non-hydrogen) atoms. The Morgan fingerprint density at radius 2 is 2.00 bits per heavy atom. The molecule has 0 amide bonds. The predicted octanol–water partition coefficient (Wildman–Crippen LogP) is 3.35. The first-order valence-corrected chi connectivity index (χ1v) is 5.43. The zero-order chi connectivity index (χ0) is 10.9. The molecule has 0 saturated heterocycles. The molecule has 2 rings (SSSR count). The Bertz CT molecular complexity index is 371. The standard InChI is InChI=1S/C13H17NO/c1-4-13(3)10(2)14-12(15-13)11-8-6-5-7-9-11/h5-9,12H,4H2,1-3H3. The number of rotatable bonds is 2. The topological polar surface area (TPSA) is 21.6 Å². The van der Waals surface area contributed by atoms with Crippen molar-refractivity contribution >= 4 is 5.71 Å². The van der Waals surface area contributed by atoms with E-state index in [2.05, 4.69) is 31.0 Å². The highest BCUT2D eigenvalue weighted by Gasteiger charge is 2.36. The maximum Gasteiger partial charge on any atom is 0.175 e. The lowest BCUT2D eigenvalue weighted by molar-refractivity contribution is -0.0172. The number of benzene rings is 1. The van der Waals surface area contributed by atoms with Gasteiger partial charge < -0.3 is 4.74 Å². The molecule has 0 aromatic heterocycles. The summed E-state index contributed by atoms with van der Waals surface area (Å²) in [4.78, 5) is 4.58. The zero-order valence-electron chi connectivity index (χ0n) is 9.53. The summed E-state index contributed by atoms with van der Waals surface area (Å²) in [6, 6.07) is 10.2. The van der Waals surface area contributed by atoms with Crippen LogP contribution in [-0.2, 0) is 4.74 Å². The average molecular weight is 203 g/mol. The van der Waals surface area contributed by atoms with Gasteiger partial charge in [0, 0.05) is 11.3 Å². The maximum absolute atomic E-state index is 5.99. The van der Waals surface area contributed by atoms with E-state index >= 15 is 0 Å². The highest BCUT2D eigenvalue weighted by Crippen LogP contribution is 2.35. The number of nitrogens with zero attached hydrogens (tertiary/aromatic N) is 1. The van der Waals surface area contributed by atoms with Crippen molar-refractivity contribution in [1.82, 2.24) is 0 Å². The van der Waals surface area contributed by atoms with Crippen LogP contribution in [0.2, 0.25) is 0 Å². The van der Waals surface area contributed by atoms with Crippen LogP contribution in [0.1, 0.15) is 39.0 Å². The van der Waals surface area contributed by atoms with Crippen molar-refractivity contribution < 1.29 is 4.74 Å². The summed E-state index contributed by atoms with van der Waals surface area (Å²) in [5.41, 5.74) is 2.05. The molecule has 80 valence electrons. The average Bonchev–Trinajstić information content (AvgIpc) is 2.58. The SMILES string of the molecule is CCC1(C)OC(c2ccccc2)N=C1C. The van der Waals surface area contributed by atoms with Crippen molar-refractivity contribution in [2.45, 2.75) is 39.0 Å². The minimum Gasteiger partial charge on any atom is -0.340 e. The minimum absolute atomic E-state index is 0.115. The smallest absolute Gasteiger partial charge is 0.175 e. The maximum atomic E-state index is 5.99. The second kappa shape index (κ2) is 3.78. The zero-order valence-corrected chi connectivity index (χ0v) is 9.53. The van der Waals surface area contributed by atoms with Crippen LogP contribution in [0.25, 0.3) is 0 Å². The third kappa shape index (κ3) is 1.82. The normalized spacial score (nSPS) is 30.3. The summed E-state index contributed by atoms with van der Waals surface area (Å²) in [5, 5.41) is 0. The quantitative estimate of drug-likeness (QED) is 0.722. The molecule has 2 nitrogen and oxygen atoms in total. The molecule has 1 heterocycles. The van der Waals surface area contributed by atoms with Crippen molar-refractivity contribution in [3.8, 4) is 0 Å². The molecule has 0 radical (unpaired) electrons. The van der Waals surface area contributed by atoms with Gasteiger partial charge in [0.2, 0.25) is 0 Å². The lowest BCUT2D eigenvalue weighted by Crippen LogP contribution is -2.31. The van der Waals surface area contributed by atoms with Crippen molar-refractivity contribution in [2.75, 3.05) is 0 Å². The second-order valence-electron chi connectivity index (χ2n) is 4.18. The minimum atomic E-state index is -0.180. The summed E-state index contributed by atoms with van der Waals surface area (Å²) in [6.45, 7) is 6.29. The fourth-order valence-corrected chi connectivity index (χ4v) is 1.77. The Balaban J connectivity index is 2.24. The Hall–Kier alpha value is -1.15. The Morgan fingerprint density at radius 1 is 1.33 bits per heavy atom. The monoisotopic (exact) mass is 203 g/mol. The summed E-state index contributed by atoms with van der Waals surface area (Å²) in [6.07, 6.45) is 0.849. The van der Waals surface area contributed by atoms with Gasteiger partial charge in [0.1, 0.15) is 5.60 Å². The molecule has 0 aliphatic carbocycles. The number of hydrogen-bond acceptors (Lipinski definition) is 2. The summed E-state index contributed by atoms with van der Waals surface area (Å²) < 4.78 is 5.99. The first-order chi connectivity index (χ1) is 7.15. The van der Waals surface area contributed by atoms with Gasteiger partial charge in [-0.3, -0.25) is 4.99 Å². The van der Waals surface area contributed by atoms with E-state index in [1.165, 1.54) is 0 Å². The molecule has 1 aliphatic heterocycles. The number of aliphatic imine (C=N–C) groups is 1. The van der Waals surface area contributed by atoms with Crippen LogP contribution in [0.5, 0.6) is 0 Å². The molecule has 0 N–H and O–H groups in total. The van der Waals surface area contributed by atoms with Crippen molar-refractivity contribution in [3.05, 3.63) is 35.9 Å². The van der Waals surface area contributed by atoms with Crippen LogP contribution >= 0.6 is 0 Å². The van der Waals surface area contributed by atoms with E-state index in [1.54, 1.807) is 0 Å². The van der Waals surface area contributed by atoms with E-state index < -0.39 is 0 Å². The van der Waals surface area contributed by atoms with Gasteiger partial charge in [-0.1, -0.05) is 37.3 Å². The van der Waals surface area contributed by atoms with Crippen molar-refractivity contribution in [3.63, 3.8) is 0 Å². The van der Waals surface area contributed by atoms with E-state index in [9.17, 15) is 0 Å². The van der Waals surface area contributed by atoms with E-state index in [-0.39, 0.29) is 11.8 Å². The van der Waals surface area contributed by atoms with Crippen LogP contribution in [-0.4, -0.2) is 11.3 Å². The molecule has 1 aromatic rings. The third-order valence-electron chi connectivity index (χ3n) is 3.21. The van der Waals surface area contributed by atoms with Gasteiger partial charge in [0.05, 0.1) is 0 Å². The summed E-state index contributed by atoms with van der Waals surface area (Å²) in [5.74, 6) is 0. The second-order valence-corrected chi connectivity index (χ2v) is 4.18. The van der Waals surface area contributed by atoms with Crippen LogP contribution in [0, 0.1) is 0 Å². The van der Waals surface area contributed by atoms with E-state index in [4.69, 9.17) is 4.74 Å². The number of ether oxygens (including phenoxy) is 1. The lowest BCUT2D eigenvalue weighted by Gasteiger charge is -2.23. The molecule has 0 spiro atoms. The fraction of sp³-hybridized carbons (Fsp3) is 0.462. The van der Waals surface area contributed by atoms with E-state index in [0.29, 0.717) is 0 Å². The fourth-order valence-electron chi connectivity index (χ4n) is 1.77. The first kappa shape index (κ1) is 10.4. The first-order valence-electron chi connectivity index (χ1n) is 5.43. The van der Waals surface area contributed by atoms with Gasteiger partial charge >= 0.3 is 0 Å². The molecule has 1 aliphatic rings. The molecule has 2 unspecified atom stereocenters. The third-order valence-corrected chi connectivity index (χ3v) is 3.21. The Labute approximate surface area is 91.0 Å². The van der Waals surface area contributed by atoms with E-state index in [0.717, 1.165) is 17.7 Å². The summed E-state index contributed by atoms with van der Waals surface area (Å²) >= 11 is 0. The highest BCUT2D eigenvalue weighted by atomic mass is 16.5. The molecule has 0 saturated carbocycles. The summed E-state index contributed by atoms with van der Waals surface area (Å²) in [7, 11) is 0. The van der Waals surface area contributed by atoms with Crippen LogP contribution < -0.4 is 0 Å². The molecule has 1 aromatic carbocycles. The van der Waals surface area contributed by atoms with Gasteiger partial charge in [-0.2, -0.15) is 0 Å².